The van der Waals surface area contributed by atoms with Gasteiger partial charge in [-0.2, -0.15) is 5.06 Å². The fourth-order valence-corrected chi connectivity index (χ4v) is 0.128. The van der Waals surface area contributed by atoms with Gasteiger partial charge in [-0.05, 0) is 0 Å². The zero-order chi connectivity index (χ0) is 8.36. The smallest absolute Gasteiger partial charge is 0.320 e. The molecule has 0 unspecified atom stereocenters. The van der Waals surface area contributed by atoms with Gasteiger partial charge < -0.3 is 10.3 Å². The van der Waals surface area contributed by atoms with Crippen molar-refractivity contribution in [3.8, 4) is 0 Å². The first-order chi connectivity index (χ1) is 4.34. The summed E-state index contributed by atoms with van der Waals surface area (Å²) in [4.78, 5) is 9.80. The number of carboxylic acids is 1. The summed E-state index contributed by atoms with van der Waals surface area (Å²) < 4.78 is 19.4. The summed E-state index contributed by atoms with van der Waals surface area (Å²) in [5.74, 6) is -1.39. The Labute approximate surface area is 45.1 Å². The minimum Gasteiger partial charge on any atom is -0.480 e. The maximum Gasteiger partial charge on any atom is 0.320 e. The van der Waals surface area contributed by atoms with Gasteiger partial charge in [0.1, 0.15) is 6.54 Å². The highest BCUT2D eigenvalue weighted by atomic mass is 16.5. The molecule has 0 saturated heterocycles. The van der Waals surface area contributed by atoms with Crippen LogP contribution in [0, 0.1) is 0 Å². The third-order valence-electron chi connectivity index (χ3n) is 0.285. The standard InChI is InChI=1S/C3H7NO3/c1-4(7)2-3(5)6/h7H,2H2,1H3,(H,5,6)/i1D3. The molecule has 0 heterocycles. The average Bonchev–Trinajstić information content (AvgIpc) is 1.60. The maximum absolute atomic E-state index is 9.80. The van der Waals surface area contributed by atoms with E-state index in [1.807, 2.05) is 0 Å². The lowest BCUT2D eigenvalue weighted by Gasteiger charge is -2.00. The van der Waals surface area contributed by atoms with Gasteiger partial charge in [0.05, 0.1) is 0 Å². The van der Waals surface area contributed by atoms with E-state index in [1.165, 1.54) is 0 Å². The molecule has 0 rings (SSSR count). The molecule has 0 aliphatic carbocycles. The van der Waals surface area contributed by atoms with Crippen molar-refractivity contribution < 1.29 is 19.2 Å². The van der Waals surface area contributed by atoms with Gasteiger partial charge in [-0.15, -0.1) is 0 Å². The summed E-state index contributed by atoms with van der Waals surface area (Å²) in [7, 11) is 0. The Morgan fingerprint density at radius 3 is 2.86 bits per heavy atom. The van der Waals surface area contributed by atoms with E-state index in [0.717, 1.165) is 0 Å². The summed E-state index contributed by atoms with van der Waals surface area (Å²) in [6, 6.07) is 0. The number of rotatable bonds is 2. The molecule has 4 heteroatoms. The summed E-state index contributed by atoms with van der Waals surface area (Å²) in [6.07, 6.45) is 0. The Morgan fingerprint density at radius 2 is 2.71 bits per heavy atom. The second-order valence-corrected chi connectivity index (χ2v) is 0.951. The molecule has 0 atom stereocenters. The quantitative estimate of drug-likeness (QED) is 0.463. The van der Waals surface area contributed by atoms with Gasteiger partial charge in [0.2, 0.25) is 0 Å². The Morgan fingerprint density at radius 1 is 2.14 bits per heavy atom. The van der Waals surface area contributed by atoms with Gasteiger partial charge in [0.25, 0.3) is 0 Å². The van der Waals surface area contributed by atoms with E-state index < -0.39 is 19.5 Å². The van der Waals surface area contributed by atoms with Crippen molar-refractivity contribution in [3.05, 3.63) is 0 Å². The number of carbonyl (C=O) groups is 1. The van der Waals surface area contributed by atoms with E-state index in [1.54, 1.807) is 0 Å². The van der Waals surface area contributed by atoms with Gasteiger partial charge in [0.15, 0.2) is 0 Å². The Balaban J connectivity index is 3.85. The van der Waals surface area contributed by atoms with Gasteiger partial charge in [0, 0.05) is 11.1 Å². The van der Waals surface area contributed by atoms with E-state index in [-0.39, 0.29) is 5.06 Å². The zero-order valence-corrected chi connectivity index (χ0v) is 3.46. The average molecular weight is 108 g/mol. The normalized spacial score (nSPS) is 17.7. The van der Waals surface area contributed by atoms with Crippen molar-refractivity contribution in [2.45, 2.75) is 0 Å². The van der Waals surface area contributed by atoms with E-state index in [4.69, 9.17) is 14.4 Å². The van der Waals surface area contributed by atoms with Crippen molar-refractivity contribution in [1.82, 2.24) is 5.06 Å². The number of likely N-dealkylation sites (N-methyl/N-ethyl adjacent to an activating group) is 1. The Bertz CT molecular complexity index is 133. The van der Waals surface area contributed by atoms with Crippen molar-refractivity contribution in [1.29, 1.82) is 0 Å². The van der Waals surface area contributed by atoms with Crippen LogP contribution in [0.5, 0.6) is 0 Å². The van der Waals surface area contributed by atoms with Crippen molar-refractivity contribution in [2.24, 2.45) is 0 Å². The molecule has 0 spiro atoms. The van der Waals surface area contributed by atoms with Crippen LogP contribution in [0.3, 0.4) is 0 Å². The molecule has 42 valence electrons. The fourth-order valence-electron chi connectivity index (χ4n) is 0.128. The molecule has 0 fully saturated rings. The van der Waals surface area contributed by atoms with Crippen LogP contribution in [-0.4, -0.2) is 34.9 Å². The van der Waals surface area contributed by atoms with E-state index in [9.17, 15) is 4.79 Å². The SMILES string of the molecule is [2H]C([2H])([2H])N(O)CC(=O)O. The monoisotopic (exact) mass is 108 g/mol. The van der Waals surface area contributed by atoms with Gasteiger partial charge in [-0.3, -0.25) is 4.79 Å². The first-order valence-corrected chi connectivity index (χ1v) is 1.52. The second-order valence-electron chi connectivity index (χ2n) is 0.951. The lowest BCUT2D eigenvalue weighted by molar-refractivity contribution is -0.148. The maximum atomic E-state index is 9.80. The number of carboxylic acid groups (broad SMARTS) is 1. The third kappa shape index (κ3) is 5.39. The lowest BCUT2D eigenvalue weighted by Crippen LogP contribution is -2.21. The first kappa shape index (κ1) is 2.64. The highest BCUT2D eigenvalue weighted by molar-refractivity contribution is 5.68. The van der Waals surface area contributed by atoms with Crippen LogP contribution in [0.1, 0.15) is 4.11 Å². The summed E-state index contributed by atoms with van der Waals surface area (Å²) in [5, 5.41) is 16.2. The number of hydrogen-bond acceptors (Lipinski definition) is 3. The molecule has 0 radical (unpaired) electrons. The van der Waals surface area contributed by atoms with Crippen molar-refractivity contribution in [3.63, 3.8) is 0 Å². The number of nitrogens with zero attached hydrogens (tertiary/aromatic N) is 1. The van der Waals surface area contributed by atoms with Crippen LogP contribution in [-0.2, 0) is 4.79 Å². The highest BCUT2D eigenvalue weighted by Gasteiger charge is 1.96. The van der Waals surface area contributed by atoms with E-state index in [0.29, 0.717) is 0 Å². The van der Waals surface area contributed by atoms with Crippen LogP contribution in [0.15, 0.2) is 0 Å². The Kier molecular flexibility index (Phi) is 0.958. The molecule has 0 bridgehead atoms. The number of hydroxylamine groups is 2. The molecule has 0 aromatic heterocycles. The number of aliphatic carboxylic acids is 1. The van der Waals surface area contributed by atoms with Crippen LogP contribution < -0.4 is 0 Å². The van der Waals surface area contributed by atoms with Crippen molar-refractivity contribution >= 4 is 5.97 Å². The first-order valence-electron chi connectivity index (χ1n) is 3.02. The summed E-state index contributed by atoms with van der Waals surface area (Å²) in [5.41, 5.74) is 0. The van der Waals surface area contributed by atoms with Gasteiger partial charge >= 0.3 is 5.97 Å². The van der Waals surface area contributed by atoms with Crippen LogP contribution in [0.25, 0.3) is 0 Å². The Hall–Kier alpha value is -0.610. The number of hydrogen-bond donors (Lipinski definition) is 2. The second kappa shape index (κ2) is 2.54. The van der Waals surface area contributed by atoms with E-state index in [2.05, 4.69) is 0 Å². The molecule has 0 aliphatic heterocycles. The molecule has 0 saturated carbocycles. The molecule has 0 aromatic carbocycles. The lowest BCUT2D eigenvalue weighted by atomic mass is 10.7. The minimum atomic E-state index is -2.75. The van der Waals surface area contributed by atoms with Crippen LogP contribution in [0.2, 0.25) is 0 Å². The van der Waals surface area contributed by atoms with Crippen LogP contribution >= 0.6 is 0 Å². The fraction of sp³-hybridized carbons (Fsp3) is 0.667. The molecular formula is C3H7NO3. The molecule has 7 heavy (non-hydrogen) atoms. The van der Waals surface area contributed by atoms with Crippen molar-refractivity contribution in [2.75, 3.05) is 13.5 Å². The summed E-state index contributed by atoms with van der Waals surface area (Å²) in [6.45, 7) is -3.66. The zero-order valence-electron chi connectivity index (χ0n) is 6.46. The van der Waals surface area contributed by atoms with E-state index >= 15 is 0 Å². The van der Waals surface area contributed by atoms with Gasteiger partial charge in [-0.1, -0.05) is 0 Å². The minimum absolute atomic E-state index is 0.213. The van der Waals surface area contributed by atoms with Crippen LogP contribution in [0.4, 0.5) is 0 Å². The molecule has 4 nitrogen and oxygen atoms in total. The van der Waals surface area contributed by atoms with Gasteiger partial charge in [-0.25, -0.2) is 0 Å². The predicted molar refractivity (Wildman–Crippen MR) is 22.1 cm³/mol. The molecule has 2 N–H and O–H groups in total. The molecule has 0 aromatic rings. The highest BCUT2D eigenvalue weighted by Crippen LogP contribution is 1.69. The molecular weight excluding hydrogens is 98.0 g/mol. The predicted octanol–water partition coefficient (Wildman–Crippen LogP) is -0.608. The molecule has 0 amide bonds. The largest absolute Gasteiger partial charge is 0.480 e. The topological polar surface area (TPSA) is 60.8 Å². The molecule has 0 aliphatic rings. The third-order valence-corrected chi connectivity index (χ3v) is 0.285. The summed E-state index contributed by atoms with van der Waals surface area (Å²) >= 11 is 0.